The number of nitrogens with zero attached hydrogens (tertiary/aromatic N) is 2. The van der Waals surface area contributed by atoms with Gasteiger partial charge in [0.05, 0.1) is 23.4 Å². The molecule has 2 heterocycles. The highest BCUT2D eigenvalue weighted by Crippen LogP contribution is 2.53. The second-order valence-electron chi connectivity index (χ2n) is 10.9. The van der Waals surface area contributed by atoms with E-state index >= 15 is 0 Å². The van der Waals surface area contributed by atoms with Crippen molar-refractivity contribution in [2.75, 3.05) is 16.3 Å². The topological polar surface area (TPSA) is 84.0 Å². The quantitative estimate of drug-likeness (QED) is 0.248. The molecule has 0 N–H and O–H groups in total. The van der Waals surface area contributed by atoms with E-state index in [-0.39, 0.29) is 54.4 Å². The predicted octanol–water partition coefficient (Wildman–Crippen LogP) is 4.39. The first-order valence-electron chi connectivity index (χ1n) is 13.6. The molecule has 2 bridgehead atoms. The number of allylic oxidation sites excluding steroid dienone is 2. The molecule has 0 unspecified atom stereocenters. The van der Waals surface area contributed by atoms with Gasteiger partial charge in [-0.1, -0.05) is 44.2 Å². The van der Waals surface area contributed by atoms with Crippen molar-refractivity contribution in [3.63, 3.8) is 0 Å². The summed E-state index contributed by atoms with van der Waals surface area (Å²) in [6, 6.07) is 11.1. The number of hydrogen-bond donors (Lipinski definition) is 0. The number of carbonyl (C=O) groups excluding carboxylic acids is 4. The molecule has 3 amide bonds. The first-order valence-corrected chi connectivity index (χ1v) is 13.6. The summed E-state index contributed by atoms with van der Waals surface area (Å²) in [6.45, 7) is 6.22. The largest absolute Gasteiger partial charge is 0.426 e. The van der Waals surface area contributed by atoms with Crippen molar-refractivity contribution < 1.29 is 23.9 Å². The lowest BCUT2D eigenvalue weighted by molar-refractivity contribution is -0.139. The maximum Gasteiger partial charge on any atom is 0.316 e. The van der Waals surface area contributed by atoms with Crippen LogP contribution in [0.4, 0.5) is 11.4 Å². The highest BCUT2D eigenvalue weighted by atomic mass is 16.5. The van der Waals surface area contributed by atoms with Crippen LogP contribution >= 0.6 is 0 Å². The van der Waals surface area contributed by atoms with Crippen LogP contribution in [0.1, 0.15) is 43.4 Å². The van der Waals surface area contributed by atoms with Crippen LogP contribution in [0.5, 0.6) is 5.75 Å². The molecule has 0 aromatic heterocycles. The molecule has 2 aromatic carbocycles. The van der Waals surface area contributed by atoms with E-state index in [1.807, 2.05) is 25.1 Å². The molecule has 5 atom stereocenters. The number of benzene rings is 2. The number of ether oxygens (including phenoxy) is 1. The summed E-state index contributed by atoms with van der Waals surface area (Å²) in [5, 5.41) is 0. The lowest BCUT2D eigenvalue weighted by atomic mass is 9.85. The van der Waals surface area contributed by atoms with Gasteiger partial charge >= 0.3 is 5.97 Å². The van der Waals surface area contributed by atoms with Crippen molar-refractivity contribution in [2.45, 2.75) is 46.5 Å². The van der Waals surface area contributed by atoms with Gasteiger partial charge in [0, 0.05) is 18.7 Å². The zero-order valence-electron chi connectivity index (χ0n) is 22.0. The maximum atomic E-state index is 13.2. The molecular weight excluding hydrogens is 480 g/mol. The lowest BCUT2D eigenvalue weighted by Crippen LogP contribution is -2.33. The molecular formula is C31H32N2O5. The molecule has 38 heavy (non-hydrogen) atoms. The van der Waals surface area contributed by atoms with Crippen LogP contribution in [-0.4, -0.2) is 30.2 Å². The van der Waals surface area contributed by atoms with E-state index < -0.39 is 11.9 Å². The molecule has 1 saturated carbocycles. The third-order valence-electron chi connectivity index (χ3n) is 8.79. The van der Waals surface area contributed by atoms with Crippen molar-refractivity contribution in [3.8, 4) is 5.75 Å². The molecule has 2 saturated heterocycles. The van der Waals surface area contributed by atoms with Gasteiger partial charge in [0.2, 0.25) is 17.7 Å². The number of carbonyl (C=O) groups is 4. The van der Waals surface area contributed by atoms with Crippen LogP contribution < -0.4 is 14.5 Å². The van der Waals surface area contributed by atoms with Crippen molar-refractivity contribution >= 4 is 35.1 Å². The summed E-state index contributed by atoms with van der Waals surface area (Å²) in [7, 11) is 0. The highest BCUT2D eigenvalue weighted by molar-refractivity contribution is 6.23. The fourth-order valence-corrected chi connectivity index (χ4v) is 6.92. The molecule has 7 heteroatoms. The number of esters is 1. The molecule has 4 aliphatic rings. The van der Waals surface area contributed by atoms with Gasteiger partial charge in [0.25, 0.3) is 0 Å². The molecule has 6 rings (SSSR count). The summed E-state index contributed by atoms with van der Waals surface area (Å²) in [5.41, 5.74) is 4.34. The Morgan fingerprint density at radius 1 is 0.947 bits per heavy atom. The van der Waals surface area contributed by atoms with Crippen LogP contribution in [0.25, 0.3) is 0 Å². The first kappa shape index (κ1) is 24.6. The molecule has 2 aliphatic carbocycles. The third-order valence-corrected chi connectivity index (χ3v) is 8.79. The summed E-state index contributed by atoms with van der Waals surface area (Å²) in [5.74, 6) is -1.24. The third kappa shape index (κ3) is 3.70. The minimum atomic E-state index is -0.568. The second kappa shape index (κ2) is 9.22. The zero-order valence-corrected chi connectivity index (χ0v) is 22.0. The summed E-state index contributed by atoms with van der Waals surface area (Å²) >= 11 is 0. The van der Waals surface area contributed by atoms with Crippen LogP contribution in [0, 0.1) is 36.5 Å². The van der Waals surface area contributed by atoms with Gasteiger partial charge in [-0.15, -0.1) is 0 Å². The van der Waals surface area contributed by atoms with Crippen molar-refractivity contribution in [1.29, 1.82) is 0 Å². The Morgan fingerprint density at radius 3 is 2.16 bits per heavy atom. The SMILES string of the molecule is CCc1cccc(CC)c1N1C[C@@H](C(=O)Oc2ccc(N3C(=O)[C@@H]4[C@H](C3=O)[C@H]3C=C[C@H]4C3)c(C)c2)CC1=O. The minimum absolute atomic E-state index is 0.0749. The van der Waals surface area contributed by atoms with E-state index in [0.29, 0.717) is 17.0 Å². The van der Waals surface area contributed by atoms with Crippen LogP contribution in [0.3, 0.4) is 0 Å². The number of para-hydroxylation sites is 1. The zero-order chi connectivity index (χ0) is 26.7. The van der Waals surface area contributed by atoms with E-state index in [2.05, 4.69) is 26.0 Å². The molecule has 2 aromatic rings. The highest BCUT2D eigenvalue weighted by Gasteiger charge is 2.59. The molecule has 196 valence electrons. The summed E-state index contributed by atoms with van der Waals surface area (Å²) in [4.78, 5) is 55.5. The molecule has 0 radical (unpaired) electrons. The molecule has 3 fully saturated rings. The van der Waals surface area contributed by atoms with Gasteiger partial charge in [-0.25, -0.2) is 4.90 Å². The van der Waals surface area contributed by atoms with E-state index in [1.54, 1.807) is 23.1 Å². The van der Waals surface area contributed by atoms with Crippen molar-refractivity contribution in [3.05, 3.63) is 65.2 Å². The van der Waals surface area contributed by atoms with E-state index in [1.165, 1.54) is 4.90 Å². The number of rotatable bonds is 6. The fourth-order valence-electron chi connectivity index (χ4n) is 6.92. The smallest absolute Gasteiger partial charge is 0.316 e. The number of imide groups is 1. The second-order valence-corrected chi connectivity index (χ2v) is 10.9. The van der Waals surface area contributed by atoms with Gasteiger partial charge in [-0.2, -0.15) is 0 Å². The number of fused-ring (bicyclic) bond motifs is 5. The summed E-state index contributed by atoms with van der Waals surface area (Å²) < 4.78 is 5.70. The first-order chi connectivity index (χ1) is 18.3. The Kier molecular flexibility index (Phi) is 5.97. The van der Waals surface area contributed by atoms with Gasteiger partial charge in [0.1, 0.15) is 5.75 Å². The van der Waals surface area contributed by atoms with E-state index in [0.717, 1.165) is 36.1 Å². The Hall–Kier alpha value is -3.74. The summed E-state index contributed by atoms with van der Waals surface area (Å²) in [6.07, 6.45) is 6.75. The van der Waals surface area contributed by atoms with Crippen LogP contribution in [0.15, 0.2) is 48.6 Å². The Morgan fingerprint density at radius 2 is 1.58 bits per heavy atom. The van der Waals surface area contributed by atoms with E-state index in [4.69, 9.17) is 4.74 Å². The molecule has 2 aliphatic heterocycles. The maximum absolute atomic E-state index is 13.2. The lowest BCUT2D eigenvalue weighted by Gasteiger charge is -2.23. The van der Waals surface area contributed by atoms with Crippen LogP contribution in [0.2, 0.25) is 0 Å². The molecule has 7 nitrogen and oxygen atoms in total. The Balaban J connectivity index is 1.17. The fraction of sp³-hybridized carbons (Fsp3) is 0.419. The number of amides is 3. The number of anilines is 2. The minimum Gasteiger partial charge on any atom is -0.426 e. The van der Waals surface area contributed by atoms with Gasteiger partial charge in [-0.05, 0) is 72.9 Å². The van der Waals surface area contributed by atoms with Gasteiger partial charge < -0.3 is 9.64 Å². The van der Waals surface area contributed by atoms with Crippen molar-refractivity contribution in [1.82, 2.24) is 0 Å². The Bertz CT molecular complexity index is 1340. The van der Waals surface area contributed by atoms with Crippen LogP contribution in [-0.2, 0) is 32.0 Å². The normalized spacial score (nSPS) is 27.6. The van der Waals surface area contributed by atoms with Gasteiger partial charge in [-0.3, -0.25) is 19.2 Å². The molecule has 0 spiro atoms. The van der Waals surface area contributed by atoms with Crippen molar-refractivity contribution in [2.24, 2.45) is 29.6 Å². The average Bonchev–Trinajstić information content (AvgIpc) is 3.68. The monoisotopic (exact) mass is 512 g/mol. The van der Waals surface area contributed by atoms with E-state index in [9.17, 15) is 19.2 Å². The Labute approximate surface area is 222 Å². The number of hydrogen-bond acceptors (Lipinski definition) is 5. The average molecular weight is 513 g/mol. The standard InChI is InChI=1S/C31H32N2O5/c1-4-18-7-6-8-19(5-2)28(18)32-16-22(15-25(32)34)31(37)38-23-11-12-24(17(3)13-23)33-29(35)26-20-9-10-21(14-20)27(26)30(33)36/h6-13,20-22,26-27H,4-5,14-16H2,1-3H3/t20-,21-,22-,26-,27+/m0/s1. The predicted molar refractivity (Wildman–Crippen MR) is 143 cm³/mol. The number of aryl methyl sites for hydroxylation is 3. The van der Waals surface area contributed by atoms with Gasteiger partial charge in [0.15, 0.2) is 0 Å².